The number of hydrogen-bond donors (Lipinski definition) is 1. The number of para-hydroxylation sites is 1. The highest BCUT2D eigenvalue weighted by molar-refractivity contribution is 6.32. The van der Waals surface area contributed by atoms with E-state index in [1.165, 1.54) is 12.8 Å². The Morgan fingerprint density at radius 2 is 2.19 bits per heavy atom. The number of rotatable bonds is 6. The van der Waals surface area contributed by atoms with E-state index in [1.54, 1.807) is 0 Å². The summed E-state index contributed by atoms with van der Waals surface area (Å²) in [6.07, 6.45) is 2.75. The van der Waals surface area contributed by atoms with E-state index in [-0.39, 0.29) is 0 Å². The van der Waals surface area contributed by atoms with Crippen molar-refractivity contribution in [3.05, 3.63) is 29.3 Å². The normalized spacial score (nSPS) is 17.1. The molecule has 0 bridgehead atoms. The summed E-state index contributed by atoms with van der Waals surface area (Å²) in [5, 5.41) is 4.14. The summed E-state index contributed by atoms with van der Waals surface area (Å²) in [4.78, 5) is 0. The van der Waals surface area contributed by atoms with Crippen LogP contribution in [0.25, 0.3) is 0 Å². The van der Waals surface area contributed by atoms with E-state index in [2.05, 4.69) is 12.2 Å². The minimum Gasteiger partial charge on any atom is -0.491 e. The number of ether oxygens (including phenoxy) is 1. The molecule has 0 aliphatic heterocycles. The summed E-state index contributed by atoms with van der Waals surface area (Å²) in [5.74, 6) is 1.66. The van der Waals surface area contributed by atoms with Gasteiger partial charge in [-0.25, -0.2) is 0 Å². The molecule has 0 amide bonds. The van der Waals surface area contributed by atoms with Gasteiger partial charge in [0.25, 0.3) is 0 Å². The Balaban J connectivity index is 1.66. The van der Waals surface area contributed by atoms with E-state index >= 15 is 0 Å². The molecule has 16 heavy (non-hydrogen) atoms. The topological polar surface area (TPSA) is 21.3 Å². The van der Waals surface area contributed by atoms with E-state index in [0.717, 1.165) is 18.2 Å². The second kappa shape index (κ2) is 5.55. The van der Waals surface area contributed by atoms with Gasteiger partial charge in [-0.3, -0.25) is 0 Å². The summed E-state index contributed by atoms with van der Waals surface area (Å²) >= 11 is 5.98. The zero-order valence-electron chi connectivity index (χ0n) is 9.58. The van der Waals surface area contributed by atoms with Gasteiger partial charge in [-0.15, -0.1) is 0 Å². The molecular formula is C13H18ClNO. The smallest absolute Gasteiger partial charge is 0.137 e. The predicted molar refractivity (Wildman–Crippen MR) is 67.1 cm³/mol. The highest BCUT2D eigenvalue weighted by Gasteiger charge is 2.27. The van der Waals surface area contributed by atoms with Crippen LogP contribution in [0.15, 0.2) is 24.3 Å². The fourth-order valence-electron chi connectivity index (χ4n) is 1.77. The van der Waals surface area contributed by atoms with E-state index < -0.39 is 0 Å². The van der Waals surface area contributed by atoms with Crippen molar-refractivity contribution in [2.45, 2.75) is 25.8 Å². The van der Waals surface area contributed by atoms with Gasteiger partial charge in [-0.1, -0.05) is 23.7 Å². The average molecular weight is 240 g/mol. The molecule has 1 atom stereocenters. The molecule has 0 aromatic heterocycles. The molecule has 1 aliphatic carbocycles. The number of nitrogens with one attached hydrogen (secondary N) is 1. The first kappa shape index (κ1) is 11.7. The van der Waals surface area contributed by atoms with Crippen molar-refractivity contribution < 1.29 is 4.74 Å². The van der Waals surface area contributed by atoms with Crippen LogP contribution in [0.2, 0.25) is 5.02 Å². The van der Waals surface area contributed by atoms with Gasteiger partial charge in [-0.05, 0) is 37.8 Å². The van der Waals surface area contributed by atoms with Gasteiger partial charge in [0.15, 0.2) is 0 Å². The first-order valence-electron chi connectivity index (χ1n) is 5.88. The van der Waals surface area contributed by atoms with Gasteiger partial charge in [0, 0.05) is 12.6 Å². The largest absolute Gasteiger partial charge is 0.491 e. The first-order chi connectivity index (χ1) is 7.77. The number of halogens is 1. The van der Waals surface area contributed by atoms with Crippen LogP contribution < -0.4 is 10.1 Å². The number of hydrogen-bond acceptors (Lipinski definition) is 2. The zero-order chi connectivity index (χ0) is 11.4. The fraction of sp³-hybridized carbons (Fsp3) is 0.538. The second-order valence-corrected chi connectivity index (χ2v) is 4.77. The molecule has 0 saturated heterocycles. The molecule has 1 saturated carbocycles. The molecule has 2 nitrogen and oxygen atoms in total. The van der Waals surface area contributed by atoms with E-state index in [1.807, 2.05) is 24.3 Å². The lowest BCUT2D eigenvalue weighted by atomic mass is 10.2. The molecule has 0 radical (unpaired) electrons. The number of benzene rings is 1. The lowest BCUT2D eigenvalue weighted by Gasteiger charge is -2.13. The molecule has 0 heterocycles. The van der Waals surface area contributed by atoms with E-state index in [4.69, 9.17) is 16.3 Å². The lowest BCUT2D eigenvalue weighted by Crippen LogP contribution is -2.31. The minimum atomic E-state index is 0.620. The van der Waals surface area contributed by atoms with Gasteiger partial charge in [-0.2, -0.15) is 0 Å². The third-order valence-electron chi connectivity index (χ3n) is 2.99. The molecule has 1 N–H and O–H groups in total. The predicted octanol–water partition coefficient (Wildman–Crippen LogP) is 3.11. The molecule has 1 unspecified atom stereocenters. The SMILES string of the molecule is CC(NCCOc1ccccc1Cl)C1CC1. The molecule has 88 valence electrons. The second-order valence-electron chi connectivity index (χ2n) is 4.36. The minimum absolute atomic E-state index is 0.620. The Kier molecular flexibility index (Phi) is 4.08. The van der Waals surface area contributed by atoms with Crippen LogP contribution in [-0.4, -0.2) is 19.2 Å². The molecule has 3 heteroatoms. The quantitative estimate of drug-likeness (QED) is 0.771. The van der Waals surface area contributed by atoms with Crippen molar-refractivity contribution >= 4 is 11.6 Å². The molecule has 1 aromatic rings. The molecular weight excluding hydrogens is 222 g/mol. The van der Waals surface area contributed by atoms with Gasteiger partial charge in [0.1, 0.15) is 12.4 Å². The highest BCUT2D eigenvalue weighted by Crippen LogP contribution is 2.32. The van der Waals surface area contributed by atoms with Crippen molar-refractivity contribution in [1.29, 1.82) is 0 Å². The van der Waals surface area contributed by atoms with Crippen LogP contribution in [0.5, 0.6) is 5.75 Å². The van der Waals surface area contributed by atoms with E-state index in [9.17, 15) is 0 Å². The Labute approximate surface area is 102 Å². The van der Waals surface area contributed by atoms with Crippen molar-refractivity contribution in [2.24, 2.45) is 5.92 Å². The Bertz CT molecular complexity index is 338. The maximum absolute atomic E-state index is 5.98. The Morgan fingerprint density at radius 1 is 1.44 bits per heavy atom. The molecule has 0 spiro atoms. The maximum atomic E-state index is 5.98. The third kappa shape index (κ3) is 3.39. The highest BCUT2D eigenvalue weighted by atomic mass is 35.5. The van der Waals surface area contributed by atoms with Crippen LogP contribution in [0.1, 0.15) is 19.8 Å². The Morgan fingerprint density at radius 3 is 2.88 bits per heavy atom. The van der Waals surface area contributed by atoms with Crippen LogP contribution in [-0.2, 0) is 0 Å². The van der Waals surface area contributed by atoms with Gasteiger partial charge < -0.3 is 10.1 Å². The Hall–Kier alpha value is -0.730. The summed E-state index contributed by atoms with van der Waals surface area (Å²) in [6, 6.07) is 8.20. The van der Waals surface area contributed by atoms with E-state index in [0.29, 0.717) is 17.7 Å². The summed E-state index contributed by atoms with van der Waals surface area (Å²) < 4.78 is 5.59. The summed E-state index contributed by atoms with van der Waals surface area (Å²) in [5.41, 5.74) is 0. The van der Waals surface area contributed by atoms with Crippen molar-refractivity contribution in [3.8, 4) is 5.75 Å². The molecule has 1 fully saturated rings. The lowest BCUT2D eigenvalue weighted by molar-refractivity contribution is 0.303. The van der Waals surface area contributed by atoms with Gasteiger partial charge in [0.05, 0.1) is 5.02 Å². The maximum Gasteiger partial charge on any atom is 0.137 e. The zero-order valence-corrected chi connectivity index (χ0v) is 10.3. The summed E-state index contributed by atoms with van der Waals surface area (Å²) in [6.45, 7) is 3.79. The molecule has 2 rings (SSSR count). The van der Waals surface area contributed by atoms with Crippen molar-refractivity contribution in [1.82, 2.24) is 5.32 Å². The first-order valence-corrected chi connectivity index (χ1v) is 6.26. The van der Waals surface area contributed by atoms with Crippen LogP contribution >= 0.6 is 11.6 Å². The van der Waals surface area contributed by atoms with Crippen LogP contribution in [0.3, 0.4) is 0 Å². The van der Waals surface area contributed by atoms with Crippen LogP contribution in [0, 0.1) is 5.92 Å². The van der Waals surface area contributed by atoms with Crippen molar-refractivity contribution in [3.63, 3.8) is 0 Å². The average Bonchev–Trinajstić information content (AvgIpc) is 3.10. The van der Waals surface area contributed by atoms with Gasteiger partial charge >= 0.3 is 0 Å². The third-order valence-corrected chi connectivity index (χ3v) is 3.30. The van der Waals surface area contributed by atoms with Crippen molar-refractivity contribution in [2.75, 3.05) is 13.2 Å². The molecule has 1 aromatic carbocycles. The van der Waals surface area contributed by atoms with Crippen LogP contribution in [0.4, 0.5) is 0 Å². The standard InChI is InChI=1S/C13H18ClNO/c1-10(11-6-7-11)15-8-9-16-13-5-3-2-4-12(13)14/h2-5,10-11,15H,6-9H2,1H3. The fourth-order valence-corrected chi connectivity index (χ4v) is 1.96. The monoisotopic (exact) mass is 239 g/mol. The molecule has 1 aliphatic rings. The summed E-state index contributed by atoms with van der Waals surface area (Å²) in [7, 11) is 0. The van der Waals surface area contributed by atoms with Gasteiger partial charge in [0.2, 0.25) is 0 Å².